The topological polar surface area (TPSA) is 62.3 Å². The van der Waals surface area contributed by atoms with Gasteiger partial charge in [-0.1, -0.05) is 11.6 Å². The van der Waals surface area contributed by atoms with Gasteiger partial charge in [-0.05, 0) is 72.9 Å². The molecule has 2 atom stereocenters. The average molecular weight is 396 g/mol. The molecule has 3 aliphatic rings. The zero-order valence-corrected chi connectivity index (χ0v) is 16.5. The second-order valence-corrected chi connectivity index (χ2v) is 8.50. The number of amides is 2. The van der Waals surface area contributed by atoms with Gasteiger partial charge in [0.15, 0.2) is 0 Å². The lowest BCUT2D eigenvalue weighted by molar-refractivity contribution is -0.119. The number of anilines is 1. The first-order valence-electron chi connectivity index (χ1n) is 9.91. The lowest BCUT2D eigenvalue weighted by Crippen LogP contribution is -2.33. The number of aromatic nitrogens is 1. The molecule has 144 valence electrons. The fraction of sp³-hybridized carbons (Fsp3) is 0.409. The van der Waals surface area contributed by atoms with Crippen LogP contribution in [0.5, 0.6) is 0 Å². The third-order valence-corrected chi connectivity index (χ3v) is 6.36. The molecule has 0 spiro atoms. The van der Waals surface area contributed by atoms with Gasteiger partial charge >= 0.3 is 0 Å². The molecule has 1 fully saturated rings. The number of carbonyl (C=O) groups is 2. The van der Waals surface area contributed by atoms with E-state index in [0.29, 0.717) is 10.9 Å². The second kappa shape index (κ2) is 6.59. The number of hydrogen-bond acceptors (Lipinski definition) is 3. The molecule has 0 unspecified atom stereocenters. The Morgan fingerprint density at radius 2 is 2.04 bits per heavy atom. The Hall–Kier alpha value is -2.40. The Morgan fingerprint density at radius 1 is 1.21 bits per heavy atom. The molecule has 0 radical (unpaired) electrons. The molecule has 0 bridgehead atoms. The van der Waals surface area contributed by atoms with E-state index in [1.165, 1.54) is 0 Å². The zero-order chi connectivity index (χ0) is 19.4. The minimum Gasteiger partial charge on any atom is -0.349 e. The van der Waals surface area contributed by atoms with Crippen molar-refractivity contribution in [2.45, 2.75) is 51.1 Å². The minimum atomic E-state index is -0.0431. The summed E-state index contributed by atoms with van der Waals surface area (Å²) in [6, 6.07) is 5.56. The summed E-state index contributed by atoms with van der Waals surface area (Å²) in [4.78, 5) is 31.4. The highest BCUT2D eigenvalue weighted by molar-refractivity contribution is 6.31. The van der Waals surface area contributed by atoms with Crippen molar-refractivity contribution >= 4 is 29.1 Å². The Kier molecular flexibility index (Phi) is 4.16. The average Bonchev–Trinajstić information content (AvgIpc) is 3.46. The number of hydrogen-bond donors (Lipinski definition) is 1. The van der Waals surface area contributed by atoms with Crippen molar-refractivity contribution in [3.05, 3.63) is 57.9 Å². The van der Waals surface area contributed by atoms with Gasteiger partial charge in [0.1, 0.15) is 0 Å². The number of fused-ring (bicyclic) bond motifs is 2. The largest absolute Gasteiger partial charge is 0.349 e. The molecule has 28 heavy (non-hydrogen) atoms. The highest BCUT2D eigenvalue weighted by Gasteiger charge is 2.47. The van der Waals surface area contributed by atoms with Crippen LogP contribution < -0.4 is 10.2 Å². The predicted molar refractivity (Wildman–Crippen MR) is 107 cm³/mol. The van der Waals surface area contributed by atoms with Gasteiger partial charge in [0.2, 0.25) is 5.91 Å². The van der Waals surface area contributed by atoms with Crippen molar-refractivity contribution < 1.29 is 9.59 Å². The molecule has 2 amide bonds. The highest BCUT2D eigenvalue weighted by Crippen LogP contribution is 2.52. The molecule has 2 aliphatic carbocycles. The van der Waals surface area contributed by atoms with Crippen molar-refractivity contribution in [2.75, 3.05) is 4.90 Å². The molecule has 1 N–H and O–H groups in total. The third kappa shape index (κ3) is 2.80. The number of nitrogens with zero attached hydrogens (tertiary/aromatic N) is 2. The van der Waals surface area contributed by atoms with Crippen LogP contribution in [-0.4, -0.2) is 16.8 Å². The molecule has 5 rings (SSSR count). The standard InChI is InChI=1S/C22H22ClN3O2/c1-12(27)25-19-4-2-3-15-18(19)10-24-11-20(15)26-21(13-5-6-13)17-9-14(23)7-8-16(17)22(26)28/h7-11,13,19,21H,2-6H2,1H3,(H,25,27)/t19-,21+/m1/s1. The first-order chi connectivity index (χ1) is 13.5. The molecule has 5 nitrogen and oxygen atoms in total. The molecule has 6 heteroatoms. The lowest BCUT2D eigenvalue weighted by Gasteiger charge is -2.32. The predicted octanol–water partition coefficient (Wildman–Crippen LogP) is 4.36. The van der Waals surface area contributed by atoms with Crippen LogP contribution in [0.4, 0.5) is 5.69 Å². The molecule has 2 heterocycles. The summed E-state index contributed by atoms with van der Waals surface area (Å²) >= 11 is 6.26. The van der Waals surface area contributed by atoms with Gasteiger partial charge in [0, 0.05) is 23.7 Å². The summed E-state index contributed by atoms with van der Waals surface area (Å²) in [7, 11) is 0. The smallest absolute Gasteiger partial charge is 0.259 e. The van der Waals surface area contributed by atoms with E-state index in [1.807, 2.05) is 29.4 Å². The molecule has 1 saturated carbocycles. The van der Waals surface area contributed by atoms with Gasteiger partial charge < -0.3 is 5.32 Å². The van der Waals surface area contributed by atoms with Crippen LogP contribution in [-0.2, 0) is 11.2 Å². The number of nitrogens with one attached hydrogen (secondary N) is 1. The normalized spacial score (nSPS) is 23.4. The third-order valence-electron chi connectivity index (χ3n) is 6.13. The first kappa shape index (κ1) is 17.7. The number of pyridine rings is 1. The molecule has 1 aromatic heterocycles. The van der Waals surface area contributed by atoms with Crippen molar-refractivity contribution in [1.82, 2.24) is 10.3 Å². The monoisotopic (exact) mass is 395 g/mol. The minimum absolute atomic E-state index is 0.0237. The van der Waals surface area contributed by atoms with Crippen molar-refractivity contribution in [2.24, 2.45) is 5.92 Å². The van der Waals surface area contributed by atoms with Crippen molar-refractivity contribution in [3.8, 4) is 0 Å². The molecule has 1 aliphatic heterocycles. The zero-order valence-electron chi connectivity index (χ0n) is 15.7. The van der Waals surface area contributed by atoms with Gasteiger partial charge in [-0.2, -0.15) is 0 Å². The Balaban J connectivity index is 1.62. The summed E-state index contributed by atoms with van der Waals surface area (Å²) < 4.78 is 0. The summed E-state index contributed by atoms with van der Waals surface area (Å²) in [6.45, 7) is 1.54. The van der Waals surface area contributed by atoms with Gasteiger partial charge in [-0.25, -0.2) is 0 Å². The number of carbonyl (C=O) groups excluding carboxylic acids is 2. The molecular weight excluding hydrogens is 374 g/mol. The molecular formula is C22H22ClN3O2. The summed E-state index contributed by atoms with van der Waals surface area (Å²) in [5, 5.41) is 3.70. The first-order valence-corrected chi connectivity index (χ1v) is 10.3. The van der Waals surface area contributed by atoms with E-state index in [-0.39, 0.29) is 23.9 Å². The number of benzene rings is 1. The van der Waals surface area contributed by atoms with E-state index in [9.17, 15) is 9.59 Å². The van der Waals surface area contributed by atoms with E-state index in [0.717, 1.165) is 60.0 Å². The van der Waals surface area contributed by atoms with Gasteiger partial charge in [-0.3, -0.25) is 19.5 Å². The Labute approximate surface area is 169 Å². The highest BCUT2D eigenvalue weighted by atomic mass is 35.5. The van der Waals surface area contributed by atoms with Gasteiger partial charge in [-0.15, -0.1) is 0 Å². The second-order valence-electron chi connectivity index (χ2n) is 8.06. The number of halogens is 1. The van der Waals surface area contributed by atoms with E-state index >= 15 is 0 Å². The Morgan fingerprint density at radius 3 is 2.79 bits per heavy atom. The van der Waals surface area contributed by atoms with E-state index in [2.05, 4.69) is 10.3 Å². The maximum Gasteiger partial charge on any atom is 0.259 e. The van der Waals surface area contributed by atoms with Crippen LogP contribution in [0.3, 0.4) is 0 Å². The number of rotatable bonds is 3. The van der Waals surface area contributed by atoms with Crippen molar-refractivity contribution in [1.29, 1.82) is 0 Å². The van der Waals surface area contributed by atoms with Crippen LogP contribution in [0.15, 0.2) is 30.6 Å². The maximum atomic E-state index is 13.4. The fourth-order valence-corrected chi connectivity index (χ4v) is 4.99. The molecule has 1 aromatic carbocycles. The van der Waals surface area contributed by atoms with Crippen molar-refractivity contribution in [3.63, 3.8) is 0 Å². The molecule has 2 aromatic rings. The lowest BCUT2D eigenvalue weighted by atomic mass is 9.87. The van der Waals surface area contributed by atoms with E-state index in [1.54, 1.807) is 13.0 Å². The summed E-state index contributed by atoms with van der Waals surface area (Å²) in [5.41, 5.74) is 4.84. The quantitative estimate of drug-likeness (QED) is 0.839. The van der Waals surface area contributed by atoms with Crippen LogP contribution in [0, 0.1) is 5.92 Å². The Bertz CT molecular complexity index is 986. The van der Waals surface area contributed by atoms with Crippen LogP contribution >= 0.6 is 11.6 Å². The fourth-order valence-electron chi connectivity index (χ4n) is 4.81. The summed E-state index contributed by atoms with van der Waals surface area (Å²) in [5.74, 6) is 0.452. The SMILES string of the molecule is CC(=O)N[C@@H]1CCCc2c1cncc2N1C(=O)c2ccc(Cl)cc2[C@@H]1C1CC1. The maximum absolute atomic E-state index is 13.4. The van der Waals surface area contributed by atoms with Crippen LogP contribution in [0.2, 0.25) is 5.02 Å². The van der Waals surface area contributed by atoms with Crippen LogP contribution in [0.25, 0.3) is 0 Å². The summed E-state index contributed by atoms with van der Waals surface area (Å²) in [6.07, 6.45) is 8.67. The van der Waals surface area contributed by atoms with Gasteiger partial charge in [0.25, 0.3) is 5.91 Å². The molecule has 0 saturated heterocycles. The van der Waals surface area contributed by atoms with E-state index < -0.39 is 0 Å². The van der Waals surface area contributed by atoms with Gasteiger partial charge in [0.05, 0.1) is 24.0 Å². The van der Waals surface area contributed by atoms with E-state index in [4.69, 9.17) is 11.6 Å². The van der Waals surface area contributed by atoms with Crippen LogP contribution in [0.1, 0.15) is 71.7 Å².